The van der Waals surface area contributed by atoms with Crippen LogP contribution in [0.3, 0.4) is 0 Å². The van der Waals surface area contributed by atoms with Gasteiger partial charge in [0.1, 0.15) is 5.60 Å². The summed E-state index contributed by atoms with van der Waals surface area (Å²) in [5.41, 5.74) is 2.45. The van der Waals surface area contributed by atoms with E-state index in [1.165, 1.54) is 5.56 Å². The maximum Gasteiger partial charge on any atom is 0.338 e. The van der Waals surface area contributed by atoms with Gasteiger partial charge in [-0.2, -0.15) is 0 Å². The third-order valence-electron chi connectivity index (χ3n) is 5.13. The Kier molecular flexibility index (Phi) is 6.37. The minimum atomic E-state index is -0.709. The van der Waals surface area contributed by atoms with Crippen molar-refractivity contribution >= 4 is 5.97 Å². The van der Waals surface area contributed by atoms with Crippen LogP contribution in [0.1, 0.15) is 89.2 Å². The highest BCUT2D eigenvalue weighted by Gasteiger charge is 2.31. The Morgan fingerprint density at radius 3 is 1.89 bits per heavy atom. The maximum atomic E-state index is 12.7. The first-order valence-corrected chi connectivity index (χ1v) is 10.0. The monoisotopic (exact) mass is 381 g/mol. The van der Waals surface area contributed by atoms with E-state index in [9.17, 15) is 4.79 Å². The minimum absolute atomic E-state index is 0.151. The number of hydrogen-bond acceptors (Lipinski definition) is 3. The van der Waals surface area contributed by atoms with Gasteiger partial charge in [0, 0.05) is 12.4 Å². The molecule has 2 aromatic rings. The summed E-state index contributed by atoms with van der Waals surface area (Å²) < 4.78 is 5.79. The number of carbonyl (C=O) groups excluding carboxylic acids is 1. The molecule has 1 aromatic carbocycles. The van der Waals surface area contributed by atoms with Gasteiger partial charge in [-0.15, -0.1) is 0 Å². The molecular formula is C25H35NO2. The van der Waals surface area contributed by atoms with Crippen LogP contribution in [0.25, 0.3) is 0 Å². The molecule has 0 radical (unpaired) electrons. The number of rotatable bonds is 5. The van der Waals surface area contributed by atoms with Gasteiger partial charge >= 0.3 is 5.97 Å². The first-order valence-electron chi connectivity index (χ1n) is 10.0. The van der Waals surface area contributed by atoms with Crippen LogP contribution in [-0.2, 0) is 10.3 Å². The topological polar surface area (TPSA) is 39.2 Å². The quantitative estimate of drug-likeness (QED) is 0.538. The highest BCUT2D eigenvalue weighted by molar-refractivity contribution is 5.89. The maximum absolute atomic E-state index is 12.7. The van der Waals surface area contributed by atoms with Crippen LogP contribution in [0, 0.1) is 10.8 Å². The summed E-state index contributed by atoms with van der Waals surface area (Å²) in [6.07, 6.45) is 4.51. The lowest BCUT2D eigenvalue weighted by atomic mass is 9.69. The highest BCUT2D eigenvalue weighted by atomic mass is 16.6. The fourth-order valence-electron chi connectivity index (χ4n) is 3.49. The number of benzene rings is 1. The molecule has 3 nitrogen and oxygen atoms in total. The van der Waals surface area contributed by atoms with Crippen molar-refractivity contribution < 1.29 is 9.53 Å². The Morgan fingerprint density at radius 2 is 1.43 bits per heavy atom. The van der Waals surface area contributed by atoms with E-state index in [0.717, 1.165) is 12.0 Å². The average Bonchev–Trinajstić information content (AvgIpc) is 2.58. The van der Waals surface area contributed by atoms with Gasteiger partial charge in [-0.05, 0) is 72.4 Å². The summed E-state index contributed by atoms with van der Waals surface area (Å²) in [6.45, 7) is 17.5. The van der Waals surface area contributed by atoms with Gasteiger partial charge in [-0.3, -0.25) is 4.98 Å². The van der Waals surface area contributed by atoms with Gasteiger partial charge in [-0.25, -0.2) is 4.79 Å². The molecule has 0 saturated heterocycles. The second-order valence-corrected chi connectivity index (χ2v) is 10.4. The third-order valence-corrected chi connectivity index (χ3v) is 5.13. The summed E-state index contributed by atoms with van der Waals surface area (Å²) in [5.74, 6) is 0.113. The van der Waals surface area contributed by atoms with Crippen LogP contribution in [0.4, 0.5) is 0 Å². The van der Waals surface area contributed by atoms with Crippen LogP contribution in [0.5, 0.6) is 0 Å². The van der Waals surface area contributed by atoms with Gasteiger partial charge in [0.05, 0.1) is 5.56 Å². The Morgan fingerprint density at radius 1 is 0.893 bits per heavy atom. The van der Waals surface area contributed by atoms with Crippen LogP contribution in [-0.4, -0.2) is 11.0 Å². The molecule has 0 spiro atoms. The minimum Gasteiger partial charge on any atom is -0.451 e. The molecule has 152 valence electrons. The van der Waals surface area contributed by atoms with Crippen LogP contribution in [0.2, 0.25) is 0 Å². The normalized spacial score (nSPS) is 13.9. The van der Waals surface area contributed by atoms with Gasteiger partial charge in [0.2, 0.25) is 0 Å². The summed E-state index contributed by atoms with van der Waals surface area (Å²) in [6, 6.07) is 11.7. The zero-order valence-corrected chi connectivity index (χ0v) is 18.7. The van der Waals surface area contributed by atoms with E-state index in [2.05, 4.69) is 58.7 Å². The lowest BCUT2D eigenvalue weighted by Gasteiger charge is -2.36. The van der Waals surface area contributed by atoms with Crippen molar-refractivity contribution in [3.8, 4) is 0 Å². The molecule has 1 aromatic heterocycles. The predicted molar refractivity (Wildman–Crippen MR) is 115 cm³/mol. The second kappa shape index (κ2) is 8.06. The van der Waals surface area contributed by atoms with Crippen LogP contribution >= 0.6 is 0 Å². The molecule has 28 heavy (non-hydrogen) atoms. The summed E-state index contributed by atoms with van der Waals surface area (Å²) in [5, 5.41) is 0. The molecule has 1 heterocycles. The SMILES string of the molecule is CC(C)(C)CC(c1ccc(C(=O)OC(C)(C)c2ccncc2)cc1)C(C)(C)C. The average molecular weight is 382 g/mol. The number of hydrogen-bond donors (Lipinski definition) is 0. The van der Waals surface area contributed by atoms with Crippen molar-refractivity contribution in [2.75, 3.05) is 0 Å². The Hall–Kier alpha value is -2.16. The zero-order valence-electron chi connectivity index (χ0n) is 18.7. The molecule has 3 heteroatoms. The Labute approximate surface area is 170 Å². The lowest BCUT2D eigenvalue weighted by molar-refractivity contribution is -0.00316. The number of ether oxygens (including phenoxy) is 1. The van der Waals surface area contributed by atoms with E-state index in [4.69, 9.17) is 4.74 Å². The van der Waals surface area contributed by atoms with Gasteiger partial charge in [0.25, 0.3) is 0 Å². The molecular weight excluding hydrogens is 346 g/mol. The number of nitrogens with zero attached hydrogens (tertiary/aromatic N) is 1. The van der Waals surface area contributed by atoms with Crippen molar-refractivity contribution in [2.24, 2.45) is 10.8 Å². The van der Waals surface area contributed by atoms with Gasteiger partial charge in [0.15, 0.2) is 0 Å². The molecule has 0 fully saturated rings. The Bertz CT molecular complexity index is 778. The molecule has 0 N–H and O–H groups in total. The van der Waals surface area contributed by atoms with Crippen molar-refractivity contribution in [3.05, 3.63) is 65.5 Å². The molecule has 1 atom stereocenters. The number of aromatic nitrogens is 1. The van der Waals surface area contributed by atoms with E-state index in [-0.39, 0.29) is 16.8 Å². The number of esters is 1. The van der Waals surface area contributed by atoms with Crippen LogP contribution in [0.15, 0.2) is 48.8 Å². The largest absolute Gasteiger partial charge is 0.451 e. The molecule has 0 bridgehead atoms. The molecule has 0 amide bonds. The third kappa shape index (κ3) is 5.92. The first kappa shape index (κ1) is 22.1. The molecule has 2 rings (SSSR count). The fourth-order valence-corrected chi connectivity index (χ4v) is 3.49. The van der Waals surface area contributed by atoms with Crippen molar-refractivity contribution in [3.63, 3.8) is 0 Å². The highest BCUT2D eigenvalue weighted by Crippen LogP contribution is 2.43. The standard InChI is InChI=1S/C25H35NO2/c1-23(2,3)17-21(24(4,5)6)18-9-11-19(12-10-18)22(27)28-25(7,8)20-13-15-26-16-14-20/h9-16,21H,17H2,1-8H3. The van der Waals surface area contributed by atoms with E-state index >= 15 is 0 Å². The fraction of sp³-hybridized carbons (Fsp3) is 0.520. The first-order chi connectivity index (χ1) is 12.8. The van der Waals surface area contributed by atoms with Gasteiger partial charge < -0.3 is 4.74 Å². The zero-order chi connectivity index (χ0) is 21.2. The second-order valence-electron chi connectivity index (χ2n) is 10.4. The Balaban J connectivity index is 2.20. The van der Waals surface area contributed by atoms with Crippen LogP contribution < -0.4 is 0 Å². The van der Waals surface area contributed by atoms with Crippen molar-refractivity contribution in [1.29, 1.82) is 0 Å². The van der Waals surface area contributed by atoms with E-state index in [1.807, 2.05) is 38.1 Å². The lowest BCUT2D eigenvalue weighted by Crippen LogP contribution is -2.26. The number of pyridine rings is 1. The smallest absolute Gasteiger partial charge is 0.338 e. The molecule has 1 unspecified atom stereocenters. The predicted octanol–water partition coefficient (Wildman–Crippen LogP) is 6.74. The molecule has 0 aliphatic heterocycles. The molecule has 0 aliphatic carbocycles. The molecule has 0 aliphatic rings. The van der Waals surface area contributed by atoms with E-state index in [1.54, 1.807) is 12.4 Å². The number of carbonyl (C=O) groups is 1. The molecule has 0 saturated carbocycles. The van der Waals surface area contributed by atoms with E-state index in [0.29, 0.717) is 11.5 Å². The van der Waals surface area contributed by atoms with Gasteiger partial charge in [-0.1, -0.05) is 53.7 Å². The van der Waals surface area contributed by atoms with Crippen molar-refractivity contribution in [2.45, 2.75) is 73.3 Å². The van der Waals surface area contributed by atoms with E-state index < -0.39 is 5.60 Å². The summed E-state index contributed by atoms with van der Waals surface area (Å²) in [4.78, 5) is 16.7. The summed E-state index contributed by atoms with van der Waals surface area (Å²) in [7, 11) is 0. The van der Waals surface area contributed by atoms with Crippen molar-refractivity contribution in [1.82, 2.24) is 4.98 Å². The summed E-state index contributed by atoms with van der Waals surface area (Å²) >= 11 is 0.